The molecule has 1 aromatic rings. The lowest BCUT2D eigenvalue weighted by Crippen LogP contribution is -2.10. The van der Waals surface area contributed by atoms with Gasteiger partial charge in [0.05, 0.1) is 11.0 Å². The summed E-state index contributed by atoms with van der Waals surface area (Å²) in [7, 11) is 0. The number of non-ortho nitro benzene ring substituents is 1. The predicted molar refractivity (Wildman–Crippen MR) is 55.1 cm³/mol. The molecule has 6 heteroatoms. The Labute approximate surface area is 91.6 Å². The number of aliphatic carboxylic acids is 1. The highest BCUT2D eigenvalue weighted by Gasteiger charge is 2.12. The number of carboxylic acids is 1. The van der Waals surface area contributed by atoms with E-state index in [1.807, 2.05) is 0 Å². The van der Waals surface area contributed by atoms with Gasteiger partial charge in [-0.05, 0) is 12.5 Å². The van der Waals surface area contributed by atoms with E-state index in [0.29, 0.717) is 5.56 Å². The molecule has 6 nitrogen and oxygen atoms in total. The van der Waals surface area contributed by atoms with Crippen LogP contribution in [0.3, 0.4) is 0 Å². The maximum atomic E-state index is 10.5. The fourth-order valence-corrected chi connectivity index (χ4v) is 1.18. The SMILES string of the molecule is CC(OCC(=O)O)c1cccc([N+](=O)[O-])c1. The topological polar surface area (TPSA) is 89.7 Å². The third-order valence-corrected chi connectivity index (χ3v) is 2.01. The van der Waals surface area contributed by atoms with Crippen LogP contribution in [0.2, 0.25) is 0 Å². The number of carboxylic acid groups (broad SMARTS) is 1. The zero-order valence-corrected chi connectivity index (χ0v) is 8.62. The van der Waals surface area contributed by atoms with Gasteiger partial charge < -0.3 is 9.84 Å². The fraction of sp³-hybridized carbons (Fsp3) is 0.300. The highest BCUT2D eigenvalue weighted by atomic mass is 16.6. The minimum Gasteiger partial charge on any atom is -0.480 e. The van der Waals surface area contributed by atoms with Gasteiger partial charge in [-0.25, -0.2) is 4.79 Å². The first kappa shape index (κ1) is 12.1. The monoisotopic (exact) mass is 225 g/mol. The molecule has 1 rings (SSSR count). The molecule has 0 aliphatic rings. The van der Waals surface area contributed by atoms with Gasteiger partial charge in [-0.1, -0.05) is 12.1 Å². The third kappa shape index (κ3) is 3.32. The standard InChI is InChI=1S/C10H11NO5/c1-7(16-6-10(12)13)8-3-2-4-9(5-8)11(14)15/h2-5,7H,6H2,1H3,(H,12,13). The van der Waals surface area contributed by atoms with Gasteiger partial charge >= 0.3 is 5.97 Å². The number of carbonyl (C=O) groups is 1. The average Bonchev–Trinajstić information content (AvgIpc) is 2.26. The largest absolute Gasteiger partial charge is 0.480 e. The van der Waals surface area contributed by atoms with Crippen molar-refractivity contribution in [2.45, 2.75) is 13.0 Å². The molecule has 1 unspecified atom stereocenters. The molecule has 1 N–H and O–H groups in total. The molecular weight excluding hydrogens is 214 g/mol. The second-order valence-electron chi connectivity index (χ2n) is 3.20. The molecule has 0 radical (unpaired) electrons. The van der Waals surface area contributed by atoms with Crippen molar-refractivity contribution in [2.24, 2.45) is 0 Å². The van der Waals surface area contributed by atoms with E-state index < -0.39 is 23.6 Å². The van der Waals surface area contributed by atoms with Crippen LogP contribution in [0.1, 0.15) is 18.6 Å². The highest BCUT2D eigenvalue weighted by Crippen LogP contribution is 2.21. The molecule has 0 spiro atoms. The zero-order chi connectivity index (χ0) is 12.1. The Morgan fingerprint density at radius 2 is 2.31 bits per heavy atom. The molecule has 0 aliphatic heterocycles. The Balaban J connectivity index is 2.75. The minimum absolute atomic E-state index is 0.0386. The normalized spacial score (nSPS) is 12.1. The molecule has 16 heavy (non-hydrogen) atoms. The van der Waals surface area contributed by atoms with E-state index in [1.165, 1.54) is 18.2 Å². The van der Waals surface area contributed by atoms with Crippen LogP contribution in [0.4, 0.5) is 5.69 Å². The molecule has 0 aromatic heterocycles. The van der Waals surface area contributed by atoms with E-state index in [-0.39, 0.29) is 5.69 Å². The summed E-state index contributed by atoms with van der Waals surface area (Å²) >= 11 is 0. The Morgan fingerprint density at radius 3 is 2.88 bits per heavy atom. The molecule has 0 heterocycles. The molecule has 0 fully saturated rings. The first-order valence-corrected chi connectivity index (χ1v) is 4.58. The molecule has 1 atom stereocenters. The van der Waals surface area contributed by atoms with Gasteiger partial charge in [0.15, 0.2) is 0 Å². The quantitative estimate of drug-likeness (QED) is 0.609. The molecule has 0 saturated carbocycles. The highest BCUT2D eigenvalue weighted by molar-refractivity contribution is 5.68. The zero-order valence-electron chi connectivity index (χ0n) is 8.62. The van der Waals surface area contributed by atoms with Crippen LogP contribution in [0.5, 0.6) is 0 Å². The van der Waals surface area contributed by atoms with Crippen molar-refractivity contribution in [1.29, 1.82) is 0 Å². The molecule has 0 saturated heterocycles. The smallest absolute Gasteiger partial charge is 0.329 e. The van der Waals surface area contributed by atoms with Gasteiger partial charge in [0.2, 0.25) is 0 Å². The third-order valence-electron chi connectivity index (χ3n) is 2.01. The summed E-state index contributed by atoms with van der Waals surface area (Å²) in [5.74, 6) is -1.07. The van der Waals surface area contributed by atoms with Gasteiger partial charge in [0.1, 0.15) is 6.61 Å². The first-order valence-electron chi connectivity index (χ1n) is 4.58. The number of hydrogen-bond acceptors (Lipinski definition) is 4. The maximum absolute atomic E-state index is 10.5. The lowest BCUT2D eigenvalue weighted by molar-refractivity contribution is -0.385. The van der Waals surface area contributed by atoms with Crippen molar-refractivity contribution in [3.05, 3.63) is 39.9 Å². The van der Waals surface area contributed by atoms with Crippen LogP contribution >= 0.6 is 0 Å². The number of nitro benzene ring substituents is 1. The number of nitrogens with zero attached hydrogens (tertiary/aromatic N) is 1. The number of ether oxygens (including phenoxy) is 1. The van der Waals surface area contributed by atoms with E-state index in [0.717, 1.165) is 0 Å². The van der Waals surface area contributed by atoms with Gasteiger partial charge in [-0.3, -0.25) is 10.1 Å². The van der Waals surface area contributed by atoms with Crippen molar-refractivity contribution < 1.29 is 19.6 Å². The van der Waals surface area contributed by atoms with Gasteiger partial charge in [-0.2, -0.15) is 0 Å². The van der Waals surface area contributed by atoms with Crippen LogP contribution < -0.4 is 0 Å². The molecule has 0 amide bonds. The van der Waals surface area contributed by atoms with E-state index in [2.05, 4.69) is 0 Å². The summed E-state index contributed by atoms with van der Waals surface area (Å²) in [4.78, 5) is 20.3. The molecule has 1 aromatic carbocycles. The summed E-state index contributed by atoms with van der Waals surface area (Å²) in [5, 5.41) is 18.9. The van der Waals surface area contributed by atoms with E-state index >= 15 is 0 Å². The minimum atomic E-state index is -1.07. The van der Waals surface area contributed by atoms with Crippen molar-refractivity contribution >= 4 is 11.7 Å². The Hall–Kier alpha value is -1.95. The summed E-state index contributed by atoms with van der Waals surface area (Å²) in [6.07, 6.45) is -0.490. The summed E-state index contributed by atoms with van der Waals surface area (Å²) in [5.41, 5.74) is 0.540. The molecule has 0 bridgehead atoms. The average molecular weight is 225 g/mol. The van der Waals surface area contributed by atoms with Crippen LogP contribution in [0.15, 0.2) is 24.3 Å². The van der Waals surface area contributed by atoms with E-state index in [4.69, 9.17) is 9.84 Å². The summed E-state index contributed by atoms with van der Waals surface area (Å²) in [6.45, 7) is 1.21. The molecule has 86 valence electrons. The summed E-state index contributed by atoms with van der Waals surface area (Å²) < 4.78 is 5.00. The van der Waals surface area contributed by atoms with Crippen molar-refractivity contribution in [3.8, 4) is 0 Å². The van der Waals surface area contributed by atoms with Gasteiger partial charge in [0, 0.05) is 12.1 Å². The van der Waals surface area contributed by atoms with Crippen molar-refractivity contribution in [2.75, 3.05) is 6.61 Å². The maximum Gasteiger partial charge on any atom is 0.329 e. The van der Waals surface area contributed by atoms with Crippen LogP contribution in [-0.4, -0.2) is 22.6 Å². The lowest BCUT2D eigenvalue weighted by atomic mass is 10.1. The lowest BCUT2D eigenvalue weighted by Gasteiger charge is -2.11. The second-order valence-corrected chi connectivity index (χ2v) is 3.20. The van der Waals surface area contributed by atoms with Crippen molar-refractivity contribution in [3.63, 3.8) is 0 Å². The molecule has 0 aliphatic carbocycles. The first-order chi connectivity index (χ1) is 7.50. The number of rotatable bonds is 5. The predicted octanol–water partition coefficient (Wildman–Crippen LogP) is 1.76. The number of benzene rings is 1. The second kappa shape index (κ2) is 5.22. The van der Waals surface area contributed by atoms with Crippen LogP contribution in [-0.2, 0) is 9.53 Å². The van der Waals surface area contributed by atoms with Crippen LogP contribution in [0, 0.1) is 10.1 Å². The van der Waals surface area contributed by atoms with Gasteiger partial charge in [0.25, 0.3) is 5.69 Å². The van der Waals surface area contributed by atoms with Crippen LogP contribution in [0.25, 0.3) is 0 Å². The Kier molecular flexibility index (Phi) is 3.96. The van der Waals surface area contributed by atoms with E-state index in [9.17, 15) is 14.9 Å². The number of nitro groups is 1. The summed E-state index contributed by atoms with van der Waals surface area (Å²) in [6, 6.07) is 5.92. The fourth-order valence-electron chi connectivity index (χ4n) is 1.18. The van der Waals surface area contributed by atoms with Crippen molar-refractivity contribution in [1.82, 2.24) is 0 Å². The number of hydrogen-bond donors (Lipinski definition) is 1. The molecular formula is C10H11NO5. The van der Waals surface area contributed by atoms with Gasteiger partial charge in [-0.15, -0.1) is 0 Å². The van der Waals surface area contributed by atoms with E-state index in [1.54, 1.807) is 13.0 Å². The Bertz CT molecular complexity index is 404. The Morgan fingerprint density at radius 1 is 1.62 bits per heavy atom.